The van der Waals surface area contributed by atoms with Gasteiger partial charge in [0.1, 0.15) is 0 Å². The lowest BCUT2D eigenvalue weighted by molar-refractivity contribution is 0.0971. The summed E-state index contributed by atoms with van der Waals surface area (Å²) in [6, 6.07) is 29.9. The number of hydrogen-bond donors (Lipinski definition) is 0. The molecule has 0 bridgehead atoms. The van der Waals surface area contributed by atoms with E-state index in [9.17, 15) is 9.59 Å². The first kappa shape index (κ1) is 31.9. The van der Waals surface area contributed by atoms with E-state index in [0.29, 0.717) is 12.8 Å². The van der Waals surface area contributed by atoms with Gasteiger partial charge in [0.25, 0.3) is 0 Å². The number of unbranched alkanes of at least 4 members (excludes halogenated alkanes) is 10. The van der Waals surface area contributed by atoms with Crippen LogP contribution in [0, 0.1) is 0 Å². The SMILES string of the molecule is CCCCCCCCC(=O)c1ccc2c(c1)/C(=C1/c3ccccc3-c3ccc(C(=O)CCCCCCCC)cc31)c1ccccc1-2. The molecular formula is C44H48O2. The molecule has 0 unspecified atom stereocenters. The maximum Gasteiger partial charge on any atom is 0.162 e. The average molecular weight is 609 g/mol. The summed E-state index contributed by atoms with van der Waals surface area (Å²) in [7, 11) is 0. The standard InChI is InChI=1S/C44H48O2/c1-3-5-7-9-11-13-23-41(45)31-25-27-35-33-19-15-17-21-37(33)43(39(35)29-31)44-38-22-18-16-20-34(38)36-28-26-32(30-40(36)44)42(46)24-14-12-10-8-6-4-2/h15-22,25-30H,3-14,23-24H2,1-2H3/b44-43-. The largest absolute Gasteiger partial charge is 0.294 e. The number of Topliss-reactive ketones (excluding diaryl/α,β-unsaturated/α-hetero) is 2. The van der Waals surface area contributed by atoms with Crippen molar-refractivity contribution >= 4 is 22.7 Å². The maximum absolute atomic E-state index is 13.5. The van der Waals surface area contributed by atoms with Crippen LogP contribution in [0.4, 0.5) is 0 Å². The van der Waals surface area contributed by atoms with Crippen molar-refractivity contribution < 1.29 is 9.59 Å². The summed E-state index contributed by atoms with van der Waals surface area (Å²) in [5.74, 6) is 0.460. The Morgan fingerprint density at radius 3 is 1.15 bits per heavy atom. The zero-order valence-electron chi connectivity index (χ0n) is 27.8. The van der Waals surface area contributed by atoms with Crippen LogP contribution in [0.3, 0.4) is 0 Å². The summed E-state index contributed by atoms with van der Waals surface area (Å²) >= 11 is 0. The van der Waals surface area contributed by atoms with Crippen LogP contribution in [0.15, 0.2) is 84.9 Å². The summed E-state index contributed by atoms with van der Waals surface area (Å²) < 4.78 is 0. The molecule has 0 atom stereocenters. The van der Waals surface area contributed by atoms with Gasteiger partial charge in [0.2, 0.25) is 0 Å². The summed E-state index contributed by atoms with van der Waals surface area (Å²) in [5, 5.41) is 0. The van der Waals surface area contributed by atoms with Crippen molar-refractivity contribution in [3.05, 3.63) is 118 Å². The van der Waals surface area contributed by atoms with E-state index in [-0.39, 0.29) is 11.6 Å². The van der Waals surface area contributed by atoms with E-state index in [1.165, 1.54) is 95.9 Å². The zero-order chi connectivity index (χ0) is 31.9. The molecule has 2 nitrogen and oxygen atoms in total. The van der Waals surface area contributed by atoms with E-state index in [1.807, 2.05) is 12.1 Å². The van der Waals surface area contributed by atoms with E-state index < -0.39 is 0 Å². The van der Waals surface area contributed by atoms with Crippen molar-refractivity contribution in [3.63, 3.8) is 0 Å². The molecule has 4 aromatic rings. The molecule has 2 aliphatic rings. The average Bonchev–Trinajstić information content (AvgIpc) is 3.59. The molecule has 2 heteroatoms. The summed E-state index contributed by atoms with van der Waals surface area (Å²) in [6.07, 6.45) is 15.3. The van der Waals surface area contributed by atoms with E-state index >= 15 is 0 Å². The molecule has 0 N–H and O–H groups in total. The minimum atomic E-state index is 0.230. The number of benzene rings is 4. The lowest BCUT2D eigenvalue weighted by Crippen LogP contribution is -2.01. The van der Waals surface area contributed by atoms with Gasteiger partial charge in [-0.2, -0.15) is 0 Å². The molecule has 4 aromatic carbocycles. The number of fused-ring (bicyclic) bond motifs is 6. The van der Waals surface area contributed by atoms with Gasteiger partial charge in [-0.05, 0) is 80.6 Å². The molecule has 0 aliphatic heterocycles. The molecule has 2 aliphatic carbocycles. The van der Waals surface area contributed by atoms with Crippen molar-refractivity contribution in [1.29, 1.82) is 0 Å². The van der Waals surface area contributed by atoms with Crippen molar-refractivity contribution in [2.75, 3.05) is 0 Å². The minimum absolute atomic E-state index is 0.230. The first-order valence-corrected chi connectivity index (χ1v) is 17.9. The molecule has 0 spiro atoms. The first-order chi connectivity index (χ1) is 22.6. The lowest BCUT2D eigenvalue weighted by atomic mass is 9.89. The number of rotatable bonds is 16. The molecule has 0 saturated carbocycles. The van der Waals surface area contributed by atoms with Gasteiger partial charge < -0.3 is 0 Å². The Hall–Kier alpha value is -4.04. The van der Waals surface area contributed by atoms with Crippen molar-refractivity contribution in [1.82, 2.24) is 0 Å². The summed E-state index contributed by atoms with van der Waals surface area (Å²) in [5.41, 5.74) is 13.3. The van der Waals surface area contributed by atoms with Gasteiger partial charge in [0, 0.05) is 24.0 Å². The van der Waals surface area contributed by atoms with E-state index in [1.54, 1.807) is 0 Å². The number of carbonyl (C=O) groups is 2. The Kier molecular flexibility index (Phi) is 10.4. The molecule has 0 fully saturated rings. The molecule has 0 saturated heterocycles. The van der Waals surface area contributed by atoms with Crippen LogP contribution in [0.2, 0.25) is 0 Å². The fourth-order valence-electron chi connectivity index (χ4n) is 7.44. The minimum Gasteiger partial charge on any atom is -0.294 e. The second-order valence-corrected chi connectivity index (χ2v) is 13.2. The summed E-state index contributed by atoms with van der Waals surface area (Å²) in [4.78, 5) is 26.9. The maximum atomic E-state index is 13.5. The molecule has 0 amide bonds. The molecule has 46 heavy (non-hydrogen) atoms. The highest BCUT2D eigenvalue weighted by Crippen LogP contribution is 2.54. The third-order valence-corrected chi connectivity index (χ3v) is 9.96. The third kappa shape index (κ3) is 6.59. The quantitative estimate of drug-likeness (QED) is 0.0809. The predicted molar refractivity (Wildman–Crippen MR) is 193 cm³/mol. The van der Waals surface area contributed by atoms with E-state index in [4.69, 9.17) is 0 Å². The fraction of sp³-hybridized carbons (Fsp3) is 0.364. The number of ketones is 2. The Morgan fingerprint density at radius 1 is 0.391 bits per heavy atom. The highest BCUT2D eigenvalue weighted by molar-refractivity contribution is 6.19. The fourth-order valence-corrected chi connectivity index (χ4v) is 7.44. The molecule has 0 heterocycles. The monoisotopic (exact) mass is 608 g/mol. The van der Waals surface area contributed by atoms with Crippen LogP contribution in [0.25, 0.3) is 33.4 Å². The van der Waals surface area contributed by atoms with Crippen LogP contribution >= 0.6 is 0 Å². The Bertz CT molecular complexity index is 1620. The van der Waals surface area contributed by atoms with Gasteiger partial charge in [-0.25, -0.2) is 0 Å². The van der Waals surface area contributed by atoms with Crippen LogP contribution in [-0.4, -0.2) is 11.6 Å². The second kappa shape index (κ2) is 15.0. The Balaban J connectivity index is 1.37. The molecule has 0 radical (unpaired) electrons. The van der Waals surface area contributed by atoms with Gasteiger partial charge in [0.05, 0.1) is 0 Å². The van der Waals surface area contributed by atoms with Gasteiger partial charge >= 0.3 is 0 Å². The topological polar surface area (TPSA) is 34.1 Å². The zero-order valence-corrected chi connectivity index (χ0v) is 27.8. The number of carbonyl (C=O) groups excluding carboxylic acids is 2. The summed E-state index contributed by atoms with van der Waals surface area (Å²) in [6.45, 7) is 4.47. The predicted octanol–water partition coefficient (Wildman–Crippen LogP) is 12.5. The van der Waals surface area contributed by atoms with E-state index in [0.717, 1.165) is 47.9 Å². The van der Waals surface area contributed by atoms with E-state index in [2.05, 4.69) is 86.6 Å². The molecule has 6 rings (SSSR count). The van der Waals surface area contributed by atoms with Gasteiger partial charge in [-0.15, -0.1) is 0 Å². The molecule has 0 aromatic heterocycles. The van der Waals surface area contributed by atoms with Crippen LogP contribution in [0.5, 0.6) is 0 Å². The van der Waals surface area contributed by atoms with Crippen molar-refractivity contribution in [2.24, 2.45) is 0 Å². The highest BCUT2D eigenvalue weighted by Gasteiger charge is 2.33. The van der Waals surface area contributed by atoms with Crippen LogP contribution < -0.4 is 0 Å². The number of hydrogen-bond acceptors (Lipinski definition) is 2. The van der Waals surface area contributed by atoms with Crippen molar-refractivity contribution in [3.8, 4) is 22.3 Å². The van der Waals surface area contributed by atoms with Crippen molar-refractivity contribution in [2.45, 2.75) is 104 Å². The third-order valence-electron chi connectivity index (χ3n) is 9.96. The normalized spacial score (nSPS) is 14.1. The lowest BCUT2D eigenvalue weighted by Gasteiger charge is -2.13. The molecule has 236 valence electrons. The smallest absolute Gasteiger partial charge is 0.162 e. The second-order valence-electron chi connectivity index (χ2n) is 13.2. The van der Waals surface area contributed by atoms with Crippen LogP contribution in [0.1, 0.15) is 147 Å². The van der Waals surface area contributed by atoms with Crippen LogP contribution in [-0.2, 0) is 0 Å². The van der Waals surface area contributed by atoms with Gasteiger partial charge in [-0.1, -0.05) is 151 Å². The Morgan fingerprint density at radius 2 is 0.739 bits per heavy atom. The van der Waals surface area contributed by atoms with Gasteiger partial charge in [-0.3, -0.25) is 9.59 Å². The Labute approximate surface area is 276 Å². The highest BCUT2D eigenvalue weighted by atomic mass is 16.1. The first-order valence-electron chi connectivity index (χ1n) is 17.9. The molecular weight excluding hydrogens is 560 g/mol. The van der Waals surface area contributed by atoms with Gasteiger partial charge in [0.15, 0.2) is 11.6 Å².